The molecular formula is C47H30N2O2. The van der Waals surface area contributed by atoms with E-state index >= 15 is 0 Å². The summed E-state index contributed by atoms with van der Waals surface area (Å²) in [6.45, 7) is 0. The number of rotatable bonds is 6. The van der Waals surface area contributed by atoms with Crippen LogP contribution in [0.2, 0.25) is 0 Å². The Bertz CT molecular complexity index is 2720. The predicted molar refractivity (Wildman–Crippen MR) is 210 cm³/mol. The van der Waals surface area contributed by atoms with Crippen molar-refractivity contribution >= 4 is 60.9 Å². The van der Waals surface area contributed by atoms with E-state index in [-0.39, 0.29) is 0 Å². The van der Waals surface area contributed by atoms with E-state index < -0.39 is 0 Å². The summed E-state index contributed by atoms with van der Waals surface area (Å²) in [6.07, 6.45) is 0. The summed E-state index contributed by atoms with van der Waals surface area (Å²) in [6, 6.07) is 63.4. The topological polar surface area (TPSA) is 42.4 Å². The normalized spacial score (nSPS) is 11.5. The van der Waals surface area contributed by atoms with Crippen LogP contribution in [0.25, 0.3) is 77.5 Å². The molecule has 4 nitrogen and oxygen atoms in total. The molecule has 240 valence electrons. The highest BCUT2D eigenvalue weighted by Gasteiger charge is 2.24. The van der Waals surface area contributed by atoms with E-state index in [1.54, 1.807) is 0 Å². The van der Waals surface area contributed by atoms with Crippen molar-refractivity contribution in [2.45, 2.75) is 0 Å². The van der Waals surface area contributed by atoms with Gasteiger partial charge in [0.1, 0.15) is 16.7 Å². The SMILES string of the molecule is c1ccc(-c2ccc(N(c3ccc(-c4ccccc4)cc3)c3cccc4oc5c(-c6nc7ccccc7o6)c6ccccc6cc5c34)cc2)cc1. The fraction of sp³-hybridized carbons (Fsp3) is 0. The number of para-hydroxylation sites is 2. The summed E-state index contributed by atoms with van der Waals surface area (Å²) in [5, 5.41) is 4.14. The third-order valence-corrected chi connectivity index (χ3v) is 9.70. The van der Waals surface area contributed by atoms with Crippen molar-refractivity contribution in [1.29, 1.82) is 0 Å². The summed E-state index contributed by atoms with van der Waals surface area (Å²) in [7, 11) is 0. The maximum absolute atomic E-state index is 6.83. The molecule has 0 saturated carbocycles. The van der Waals surface area contributed by atoms with Gasteiger partial charge in [0.2, 0.25) is 5.89 Å². The molecule has 8 aromatic carbocycles. The van der Waals surface area contributed by atoms with Crippen LogP contribution in [0.5, 0.6) is 0 Å². The van der Waals surface area contributed by atoms with E-state index in [0.29, 0.717) is 5.89 Å². The quantitative estimate of drug-likeness (QED) is 0.179. The first-order valence-electron chi connectivity index (χ1n) is 17.1. The molecule has 2 aromatic heterocycles. The van der Waals surface area contributed by atoms with Gasteiger partial charge in [0.05, 0.1) is 16.6 Å². The third-order valence-electron chi connectivity index (χ3n) is 9.70. The Morgan fingerprint density at radius 3 is 1.67 bits per heavy atom. The number of nitrogens with zero attached hydrogens (tertiary/aromatic N) is 2. The minimum absolute atomic E-state index is 0.545. The van der Waals surface area contributed by atoms with E-state index in [2.05, 4.69) is 144 Å². The predicted octanol–water partition coefficient (Wildman–Crippen LogP) is 13.4. The number of anilines is 3. The Hall–Kier alpha value is -6.91. The van der Waals surface area contributed by atoms with Gasteiger partial charge in [-0.1, -0.05) is 127 Å². The van der Waals surface area contributed by atoms with Crippen molar-refractivity contribution < 1.29 is 8.83 Å². The largest absolute Gasteiger partial charge is 0.455 e. The summed E-state index contributed by atoms with van der Waals surface area (Å²) >= 11 is 0. The van der Waals surface area contributed by atoms with Crippen molar-refractivity contribution in [2.24, 2.45) is 0 Å². The second kappa shape index (κ2) is 11.9. The van der Waals surface area contributed by atoms with Crippen molar-refractivity contribution in [1.82, 2.24) is 4.98 Å². The highest BCUT2D eigenvalue weighted by molar-refractivity contribution is 6.21. The van der Waals surface area contributed by atoms with Gasteiger partial charge in [-0.2, -0.15) is 0 Å². The molecule has 0 radical (unpaired) electrons. The molecule has 4 heteroatoms. The molecule has 0 spiro atoms. The molecule has 10 rings (SSSR count). The van der Waals surface area contributed by atoms with Crippen LogP contribution in [0.1, 0.15) is 0 Å². The summed E-state index contributed by atoms with van der Waals surface area (Å²) < 4.78 is 13.2. The number of hydrogen-bond acceptors (Lipinski definition) is 4. The number of furan rings is 1. The van der Waals surface area contributed by atoms with Gasteiger partial charge >= 0.3 is 0 Å². The maximum Gasteiger partial charge on any atom is 0.231 e. The number of fused-ring (bicyclic) bond motifs is 5. The molecule has 2 heterocycles. The third kappa shape index (κ3) is 4.96. The van der Waals surface area contributed by atoms with Gasteiger partial charge in [0.25, 0.3) is 0 Å². The Labute approximate surface area is 294 Å². The lowest BCUT2D eigenvalue weighted by atomic mass is 9.99. The average molecular weight is 655 g/mol. The highest BCUT2D eigenvalue weighted by atomic mass is 16.4. The van der Waals surface area contributed by atoms with Crippen molar-refractivity contribution in [3.63, 3.8) is 0 Å². The van der Waals surface area contributed by atoms with E-state index in [9.17, 15) is 0 Å². The van der Waals surface area contributed by atoms with Crippen molar-refractivity contribution in [3.05, 3.63) is 182 Å². The molecule has 0 saturated heterocycles. The Balaban J connectivity index is 1.21. The van der Waals surface area contributed by atoms with Gasteiger partial charge in [0, 0.05) is 16.8 Å². The number of hydrogen-bond donors (Lipinski definition) is 0. The van der Waals surface area contributed by atoms with Crippen molar-refractivity contribution in [3.8, 4) is 33.7 Å². The Morgan fingerprint density at radius 2 is 1.00 bits per heavy atom. The zero-order chi connectivity index (χ0) is 33.7. The Kier molecular flexibility index (Phi) is 6.78. The molecule has 0 unspecified atom stereocenters. The molecular weight excluding hydrogens is 625 g/mol. The van der Waals surface area contributed by atoms with Crippen LogP contribution >= 0.6 is 0 Å². The fourth-order valence-electron chi connectivity index (χ4n) is 7.28. The zero-order valence-electron chi connectivity index (χ0n) is 27.5. The van der Waals surface area contributed by atoms with E-state index in [0.717, 1.165) is 66.4 Å². The molecule has 0 N–H and O–H groups in total. The van der Waals surface area contributed by atoms with E-state index in [1.165, 1.54) is 22.3 Å². The Morgan fingerprint density at radius 1 is 0.431 bits per heavy atom. The minimum Gasteiger partial charge on any atom is -0.455 e. The molecule has 0 bridgehead atoms. The van der Waals surface area contributed by atoms with Crippen molar-refractivity contribution in [2.75, 3.05) is 4.90 Å². The first-order chi connectivity index (χ1) is 25.3. The lowest BCUT2D eigenvalue weighted by Gasteiger charge is -2.26. The molecule has 0 fully saturated rings. The van der Waals surface area contributed by atoms with Crippen LogP contribution < -0.4 is 4.90 Å². The zero-order valence-corrected chi connectivity index (χ0v) is 27.5. The minimum atomic E-state index is 0.545. The first-order valence-corrected chi connectivity index (χ1v) is 17.1. The van der Waals surface area contributed by atoms with Gasteiger partial charge in [-0.05, 0) is 87.6 Å². The van der Waals surface area contributed by atoms with Crippen LogP contribution in [-0.4, -0.2) is 4.98 Å². The smallest absolute Gasteiger partial charge is 0.231 e. The van der Waals surface area contributed by atoms with E-state index in [1.807, 2.05) is 42.5 Å². The molecule has 0 atom stereocenters. The summed E-state index contributed by atoms with van der Waals surface area (Å²) in [5.74, 6) is 0.545. The van der Waals surface area contributed by atoms with Gasteiger partial charge < -0.3 is 13.7 Å². The lowest BCUT2D eigenvalue weighted by molar-refractivity contribution is 0.616. The second-order valence-corrected chi connectivity index (χ2v) is 12.7. The fourth-order valence-corrected chi connectivity index (χ4v) is 7.28. The van der Waals surface area contributed by atoms with Crippen LogP contribution in [-0.2, 0) is 0 Å². The van der Waals surface area contributed by atoms with Crippen LogP contribution in [0.15, 0.2) is 191 Å². The standard InChI is InChI=1S/C47H30N2O2/c1-3-12-31(13-4-1)33-22-26-36(27-23-33)49(37-28-24-34(25-29-37)32-14-5-2-6-15-32)41-19-11-21-43-44(41)39-30-35-16-7-8-17-38(35)45(46(39)50-43)47-48-40-18-9-10-20-42(40)51-47/h1-30H. The molecule has 51 heavy (non-hydrogen) atoms. The van der Waals surface area contributed by atoms with E-state index in [4.69, 9.17) is 13.8 Å². The molecule has 0 amide bonds. The average Bonchev–Trinajstić information content (AvgIpc) is 3.80. The molecule has 10 aromatic rings. The van der Waals surface area contributed by atoms with Crippen LogP contribution in [0.3, 0.4) is 0 Å². The molecule has 0 aliphatic heterocycles. The highest BCUT2D eigenvalue weighted by Crippen LogP contribution is 2.47. The van der Waals surface area contributed by atoms with Gasteiger partial charge in [-0.25, -0.2) is 4.98 Å². The number of oxazole rings is 1. The number of benzene rings is 8. The van der Waals surface area contributed by atoms with Gasteiger partial charge in [0.15, 0.2) is 5.58 Å². The van der Waals surface area contributed by atoms with Gasteiger partial charge in [-0.15, -0.1) is 0 Å². The van der Waals surface area contributed by atoms with Crippen LogP contribution in [0, 0.1) is 0 Å². The summed E-state index contributed by atoms with van der Waals surface area (Å²) in [4.78, 5) is 7.26. The second-order valence-electron chi connectivity index (χ2n) is 12.7. The lowest BCUT2D eigenvalue weighted by Crippen LogP contribution is -2.10. The van der Waals surface area contributed by atoms with Gasteiger partial charge in [-0.3, -0.25) is 0 Å². The number of aromatic nitrogens is 1. The molecule has 0 aliphatic rings. The summed E-state index contributed by atoms with van der Waals surface area (Å²) in [5.41, 5.74) is 11.8. The monoisotopic (exact) mass is 654 g/mol. The van der Waals surface area contributed by atoms with Crippen LogP contribution in [0.4, 0.5) is 17.1 Å². The maximum atomic E-state index is 6.83. The first kappa shape index (κ1) is 29.0. The molecule has 0 aliphatic carbocycles.